The predicted molar refractivity (Wildman–Crippen MR) is 74.9 cm³/mol. The van der Waals surface area contributed by atoms with Gasteiger partial charge < -0.3 is 15.2 Å². The zero-order valence-electron chi connectivity index (χ0n) is 12.0. The molecule has 1 unspecified atom stereocenters. The van der Waals surface area contributed by atoms with Crippen molar-refractivity contribution in [2.75, 3.05) is 39.4 Å². The fourth-order valence-corrected chi connectivity index (χ4v) is 2.50. The third-order valence-corrected chi connectivity index (χ3v) is 3.63. The standard InChI is InChI=1S/C14H30N2O2/c1-3-5-10-18-12-14(17)11-16(4-2)13-6-8-15-9-7-13/h13-15,17H,3-12H2,1-2H3. The normalized spacial score (nSPS) is 19.3. The molecule has 4 heteroatoms. The molecule has 0 aromatic rings. The second-order valence-electron chi connectivity index (χ2n) is 5.15. The van der Waals surface area contributed by atoms with Crippen molar-refractivity contribution in [2.45, 2.75) is 51.7 Å². The van der Waals surface area contributed by atoms with Gasteiger partial charge in [-0.05, 0) is 38.9 Å². The molecule has 0 radical (unpaired) electrons. The van der Waals surface area contributed by atoms with Crippen molar-refractivity contribution >= 4 is 0 Å². The van der Waals surface area contributed by atoms with Gasteiger partial charge in [-0.25, -0.2) is 0 Å². The summed E-state index contributed by atoms with van der Waals surface area (Å²) in [5, 5.41) is 13.4. The zero-order chi connectivity index (χ0) is 13.2. The van der Waals surface area contributed by atoms with Gasteiger partial charge in [-0.3, -0.25) is 4.90 Å². The molecule has 0 amide bonds. The van der Waals surface area contributed by atoms with Gasteiger partial charge in [-0.1, -0.05) is 20.3 Å². The van der Waals surface area contributed by atoms with E-state index in [4.69, 9.17) is 4.74 Å². The van der Waals surface area contributed by atoms with Crippen molar-refractivity contribution < 1.29 is 9.84 Å². The minimum absolute atomic E-state index is 0.350. The maximum absolute atomic E-state index is 10.00. The fourth-order valence-electron chi connectivity index (χ4n) is 2.50. The van der Waals surface area contributed by atoms with Crippen molar-refractivity contribution in [3.63, 3.8) is 0 Å². The maximum atomic E-state index is 10.00. The number of nitrogens with one attached hydrogen (secondary N) is 1. The van der Waals surface area contributed by atoms with Crippen LogP contribution in [0.5, 0.6) is 0 Å². The Hall–Kier alpha value is -0.160. The Balaban J connectivity index is 2.19. The number of likely N-dealkylation sites (N-methyl/N-ethyl adjacent to an activating group) is 1. The van der Waals surface area contributed by atoms with E-state index in [1.54, 1.807) is 0 Å². The molecule has 0 aliphatic carbocycles. The molecule has 2 N–H and O–H groups in total. The number of hydrogen-bond acceptors (Lipinski definition) is 4. The number of aliphatic hydroxyl groups is 1. The van der Waals surface area contributed by atoms with Gasteiger partial charge >= 0.3 is 0 Å². The number of rotatable bonds is 9. The smallest absolute Gasteiger partial charge is 0.0900 e. The molecule has 1 heterocycles. The molecule has 1 saturated heterocycles. The van der Waals surface area contributed by atoms with E-state index in [2.05, 4.69) is 24.1 Å². The molecular weight excluding hydrogens is 228 g/mol. The highest BCUT2D eigenvalue weighted by Crippen LogP contribution is 2.12. The topological polar surface area (TPSA) is 44.7 Å². The summed E-state index contributed by atoms with van der Waals surface area (Å²) in [4.78, 5) is 2.40. The molecule has 0 spiro atoms. The van der Waals surface area contributed by atoms with Crippen molar-refractivity contribution in [3.8, 4) is 0 Å². The molecule has 0 aromatic heterocycles. The van der Waals surface area contributed by atoms with Gasteiger partial charge in [-0.15, -0.1) is 0 Å². The first kappa shape index (κ1) is 15.9. The Morgan fingerprint density at radius 1 is 1.33 bits per heavy atom. The predicted octanol–water partition coefficient (Wildman–Crippen LogP) is 1.24. The highest BCUT2D eigenvalue weighted by atomic mass is 16.5. The van der Waals surface area contributed by atoms with E-state index in [1.807, 2.05) is 0 Å². The van der Waals surface area contributed by atoms with Gasteiger partial charge in [-0.2, -0.15) is 0 Å². The van der Waals surface area contributed by atoms with Crippen LogP contribution in [0.25, 0.3) is 0 Å². The van der Waals surface area contributed by atoms with Crippen LogP contribution in [0.2, 0.25) is 0 Å². The highest BCUT2D eigenvalue weighted by molar-refractivity contribution is 4.78. The number of piperidine rings is 1. The SMILES string of the molecule is CCCCOCC(O)CN(CC)C1CCNCC1. The summed E-state index contributed by atoms with van der Waals surface area (Å²) in [5.74, 6) is 0. The molecule has 1 rings (SSSR count). The van der Waals surface area contributed by atoms with E-state index in [-0.39, 0.29) is 6.10 Å². The highest BCUT2D eigenvalue weighted by Gasteiger charge is 2.21. The fraction of sp³-hybridized carbons (Fsp3) is 1.00. The molecule has 1 fully saturated rings. The average Bonchev–Trinajstić information content (AvgIpc) is 2.42. The Bertz CT molecular complexity index is 196. The van der Waals surface area contributed by atoms with Gasteiger partial charge in [0.2, 0.25) is 0 Å². The van der Waals surface area contributed by atoms with Gasteiger partial charge in [0.1, 0.15) is 0 Å². The Kier molecular flexibility index (Phi) is 8.59. The second-order valence-corrected chi connectivity index (χ2v) is 5.15. The van der Waals surface area contributed by atoms with E-state index in [0.717, 1.165) is 45.6 Å². The zero-order valence-corrected chi connectivity index (χ0v) is 12.0. The van der Waals surface area contributed by atoms with Crippen LogP contribution in [0.3, 0.4) is 0 Å². The summed E-state index contributed by atoms with van der Waals surface area (Å²) in [6.07, 6.45) is 4.26. The molecule has 0 saturated carbocycles. The third-order valence-electron chi connectivity index (χ3n) is 3.63. The molecule has 1 atom stereocenters. The van der Waals surface area contributed by atoms with Crippen LogP contribution < -0.4 is 5.32 Å². The first-order valence-corrected chi connectivity index (χ1v) is 7.48. The van der Waals surface area contributed by atoms with Crippen molar-refractivity contribution in [1.82, 2.24) is 10.2 Å². The summed E-state index contributed by atoms with van der Waals surface area (Å²) in [7, 11) is 0. The Labute approximate surface area is 112 Å². The number of ether oxygens (including phenoxy) is 1. The molecular formula is C14H30N2O2. The molecule has 1 aliphatic heterocycles. The summed E-state index contributed by atoms with van der Waals surface area (Å²) < 4.78 is 5.48. The monoisotopic (exact) mass is 258 g/mol. The third kappa shape index (κ3) is 6.14. The summed E-state index contributed by atoms with van der Waals surface area (Å²) >= 11 is 0. The minimum atomic E-state index is -0.350. The summed E-state index contributed by atoms with van der Waals surface area (Å²) in [6.45, 7) is 9.52. The van der Waals surface area contributed by atoms with E-state index >= 15 is 0 Å². The van der Waals surface area contributed by atoms with Crippen molar-refractivity contribution in [2.24, 2.45) is 0 Å². The van der Waals surface area contributed by atoms with Crippen LogP contribution in [0.1, 0.15) is 39.5 Å². The Morgan fingerprint density at radius 3 is 2.67 bits per heavy atom. The molecule has 18 heavy (non-hydrogen) atoms. The average molecular weight is 258 g/mol. The van der Waals surface area contributed by atoms with Gasteiger partial charge in [0, 0.05) is 19.2 Å². The van der Waals surface area contributed by atoms with E-state index in [0.29, 0.717) is 12.6 Å². The van der Waals surface area contributed by atoms with Gasteiger partial charge in [0.25, 0.3) is 0 Å². The van der Waals surface area contributed by atoms with Crippen LogP contribution in [0.15, 0.2) is 0 Å². The summed E-state index contributed by atoms with van der Waals surface area (Å²) in [5.41, 5.74) is 0. The van der Waals surface area contributed by atoms with Gasteiger partial charge in [0.05, 0.1) is 12.7 Å². The lowest BCUT2D eigenvalue weighted by atomic mass is 10.0. The van der Waals surface area contributed by atoms with Crippen LogP contribution in [-0.4, -0.2) is 61.5 Å². The lowest BCUT2D eigenvalue weighted by molar-refractivity contribution is 0.00586. The lowest BCUT2D eigenvalue weighted by Gasteiger charge is -2.35. The molecule has 4 nitrogen and oxygen atoms in total. The summed E-state index contributed by atoms with van der Waals surface area (Å²) in [6, 6.07) is 0.626. The van der Waals surface area contributed by atoms with E-state index < -0.39 is 0 Å². The van der Waals surface area contributed by atoms with Crippen LogP contribution >= 0.6 is 0 Å². The van der Waals surface area contributed by atoms with E-state index in [9.17, 15) is 5.11 Å². The molecule has 108 valence electrons. The first-order valence-electron chi connectivity index (χ1n) is 7.48. The quantitative estimate of drug-likeness (QED) is 0.611. The number of nitrogens with zero attached hydrogens (tertiary/aromatic N) is 1. The molecule has 0 bridgehead atoms. The van der Waals surface area contributed by atoms with E-state index in [1.165, 1.54) is 12.8 Å². The van der Waals surface area contributed by atoms with Crippen molar-refractivity contribution in [3.05, 3.63) is 0 Å². The van der Waals surface area contributed by atoms with Crippen LogP contribution in [-0.2, 0) is 4.74 Å². The number of hydrogen-bond donors (Lipinski definition) is 2. The lowest BCUT2D eigenvalue weighted by Crippen LogP contribution is -2.46. The second kappa shape index (κ2) is 9.73. The van der Waals surface area contributed by atoms with Crippen LogP contribution in [0, 0.1) is 0 Å². The largest absolute Gasteiger partial charge is 0.389 e. The minimum Gasteiger partial charge on any atom is -0.389 e. The first-order chi connectivity index (χ1) is 8.77. The molecule has 0 aromatic carbocycles. The number of unbranched alkanes of at least 4 members (excludes halogenated alkanes) is 1. The van der Waals surface area contributed by atoms with Crippen molar-refractivity contribution in [1.29, 1.82) is 0 Å². The van der Waals surface area contributed by atoms with Crippen LogP contribution in [0.4, 0.5) is 0 Å². The maximum Gasteiger partial charge on any atom is 0.0900 e. The number of aliphatic hydroxyl groups excluding tert-OH is 1. The Morgan fingerprint density at radius 2 is 2.06 bits per heavy atom. The molecule has 1 aliphatic rings. The van der Waals surface area contributed by atoms with Gasteiger partial charge in [0.15, 0.2) is 0 Å².